The van der Waals surface area contributed by atoms with Crippen molar-refractivity contribution in [3.05, 3.63) is 24.2 Å². The van der Waals surface area contributed by atoms with Gasteiger partial charge in [0, 0.05) is 12.8 Å². The first-order valence-corrected chi connectivity index (χ1v) is 13.9. The van der Waals surface area contributed by atoms with Crippen LogP contribution < -0.4 is 5.73 Å². The van der Waals surface area contributed by atoms with Crippen LogP contribution in [0.1, 0.15) is 31.9 Å². The maximum Gasteiger partial charge on any atom is 0.508 e. The average molecular weight is 689 g/mol. The van der Waals surface area contributed by atoms with Gasteiger partial charge in [-0.1, -0.05) is 0 Å². The molecule has 0 radical (unpaired) electrons. The first kappa shape index (κ1) is 37.2. The number of carboxylic acid groups (broad SMARTS) is 1. The molecule has 21 heteroatoms. The fraction of sp³-hybridized carbons (Fsp3) is 0.556. The van der Waals surface area contributed by atoms with Crippen LogP contribution in [0.2, 0.25) is 0 Å². The van der Waals surface area contributed by atoms with Crippen molar-refractivity contribution in [3.8, 4) is 6.07 Å². The highest BCUT2D eigenvalue weighted by molar-refractivity contribution is 5.77. The standard InChI is InChI=1S/C25H30N6O10.C2HF3O2/c1-13(19(30(2)3)23(34)36-4)38-24(35)37-10-15-20-21(40-18(33)7-5-6-17(32)39-20)25(11-26,41-15)16-9-8-14-22(27)28-12-29-31(14)16;3-2(4,5)1(6)7/h8-9,12-13,15,19-21H,5-7,10H2,1-4H3,(H2,27,28,29);(H,6,7)/t13-,15-,19+,20-,21-,25+;/m1./s1. The summed E-state index contributed by atoms with van der Waals surface area (Å²) in [6, 6.07) is 4.18. The first-order valence-electron chi connectivity index (χ1n) is 13.9. The molecule has 0 spiro atoms. The molecule has 2 fully saturated rings. The highest BCUT2D eigenvalue weighted by atomic mass is 19.4. The Balaban J connectivity index is 0.000000804. The third kappa shape index (κ3) is 8.18. The predicted octanol–water partition coefficient (Wildman–Crippen LogP) is 0.715. The topological polar surface area (TPSA) is 244 Å². The highest BCUT2D eigenvalue weighted by Gasteiger charge is 2.63. The normalized spacial score (nSPS) is 23.8. The van der Waals surface area contributed by atoms with Crippen molar-refractivity contribution in [1.82, 2.24) is 19.5 Å². The van der Waals surface area contributed by atoms with Crippen LogP contribution in [-0.2, 0) is 53.2 Å². The zero-order valence-electron chi connectivity index (χ0n) is 25.8. The molecule has 0 aliphatic carbocycles. The van der Waals surface area contributed by atoms with Crippen molar-refractivity contribution in [2.75, 3.05) is 33.5 Å². The summed E-state index contributed by atoms with van der Waals surface area (Å²) in [5, 5.41) is 21.7. The van der Waals surface area contributed by atoms with Gasteiger partial charge in [-0.15, -0.1) is 0 Å². The van der Waals surface area contributed by atoms with E-state index in [1.54, 1.807) is 20.2 Å². The Kier molecular flexibility index (Phi) is 11.7. The molecule has 2 aromatic rings. The number of alkyl halides is 3. The van der Waals surface area contributed by atoms with Crippen LogP contribution in [0.25, 0.3) is 5.52 Å². The number of aliphatic carboxylic acids is 1. The van der Waals surface area contributed by atoms with E-state index in [1.807, 2.05) is 6.07 Å². The van der Waals surface area contributed by atoms with E-state index < -0.39 is 78.9 Å². The largest absolute Gasteiger partial charge is 0.508 e. The van der Waals surface area contributed by atoms with Gasteiger partial charge < -0.3 is 39.3 Å². The third-order valence-corrected chi connectivity index (χ3v) is 7.05. The van der Waals surface area contributed by atoms with E-state index in [0.717, 1.165) is 0 Å². The monoisotopic (exact) mass is 688 g/mol. The molecule has 2 saturated heterocycles. The van der Waals surface area contributed by atoms with Gasteiger partial charge in [0.1, 0.15) is 42.8 Å². The number of nitriles is 1. The molecule has 262 valence electrons. The molecule has 0 bridgehead atoms. The number of rotatable bonds is 7. The minimum Gasteiger partial charge on any atom is -0.475 e. The number of anilines is 1. The Hall–Kier alpha value is -5.23. The lowest BCUT2D eigenvalue weighted by Crippen LogP contribution is -2.47. The van der Waals surface area contributed by atoms with Gasteiger partial charge in [-0.2, -0.15) is 23.5 Å². The molecule has 2 aromatic heterocycles. The van der Waals surface area contributed by atoms with Crippen molar-refractivity contribution in [2.45, 2.75) is 68.4 Å². The summed E-state index contributed by atoms with van der Waals surface area (Å²) >= 11 is 0. The molecular weight excluding hydrogens is 657 g/mol. The summed E-state index contributed by atoms with van der Waals surface area (Å²) in [5.41, 5.74) is 4.37. The summed E-state index contributed by atoms with van der Waals surface area (Å²) in [6.45, 7) is 0.919. The Bertz CT molecular complexity index is 1580. The second-order valence-electron chi connectivity index (χ2n) is 10.5. The number of aromatic nitrogens is 3. The number of halogens is 3. The van der Waals surface area contributed by atoms with Gasteiger partial charge in [0.15, 0.2) is 18.0 Å². The van der Waals surface area contributed by atoms with E-state index in [1.165, 1.54) is 35.8 Å². The van der Waals surface area contributed by atoms with E-state index in [-0.39, 0.29) is 30.8 Å². The summed E-state index contributed by atoms with van der Waals surface area (Å²) < 4.78 is 65.8. The summed E-state index contributed by atoms with van der Waals surface area (Å²) in [4.78, 5) is 64.3. The summed E-state index contributed by atoms with van der Waals surface area (Å²) in [5.74, 6) is -4.60. The first-order chi connectivity index (χ1) is 22.5. The lowest BCUT2D eigenvalue weighted by atomic mass is 9.92. The Morgan fingerprint density at radius 3 is 2.42 bits per heavy atom. The van der Waals surface area contributed by atoms with Gasteiger partial charge in [0.2, 0.25) is 5.60 Å². The molecule has 4 heterocycles. The van der Waals surface area contributed by atoms with Crippen molar-refractivity contribution in [2.24, 2.45) is 0 Å². The number of methoxy groups -OCH3 is 1. The maximum atomic E-state index is 12.7. The van der Waals surface area contributed by atoms with Gasteiger partial charge >= 0.3 is 36.2 Å². The number of hydrogen-bond donors (Lipinski definition) is 2. The smallest absolute Gasteiger partial charge is 0.475 e. The van der Waals surface area contributed by atoms with Gasteiger partial charge in [0.25, 0.3) is 0 Å². The molecule has 2 aliphatic heterocycles. The van der Waals surface area contributed by atoms with E-state index >= 15 is 0 Å². The predicted molar refractivity (Wildman–Crippen MR) is 148 cm³/mol. The molecule has 0 aromatic carbocycles. The van der Waals surface area contributed by atoms with Crippen molar-refractivity contribution < 1.29 is 70.7 Å². The zero-order valence-corrected chi connectivity index (χ0v) is 25.8. The van der Waals surface area contributed by atoms with Gasteiger partial charge in [-0.05, 0) is 39.6 Å². The van der Waals surface area contributed by atoms with E-state index in [9.17, 15) is 37.6 Å². The van der Waals surface area contributed by atoms with Crippen molar-refractivity contribution in [1.29, 1.82) is 5.26 Å². The summed E-state index contributed by atoms with van der Waals surface area (Å²) in [7, 11) is 4.42. The van der Waals surface area contributed by atoms with E-state index in [0.29, 0.717) is 5.52 Å². The maximum absolute atomic E-state index is 12.7. The third-order valence-electron chi connectivity index (χ3n) is 7.05. The number of hydrogen-bond acceptors (Lipinski definition) is 16. The van der Waals surface area contributed by atoms with Crippen LogP contribution in [0.3, 0.4) is 0 Å². The molecule has 4 rings (SSSR count). The SMILES string of the molecule is COC(=O)[C@H]([C@@H](C)OC(=O)OC[C@H]1O[C@@](C#N)(c2ccc3c(N)ncnn23)[C@@H]2OC(=O)CCCC(=O)O[C@@H]21)N(C)C.O=C(O)C(F)(F)F. The number of nitrogens with zero attached hydrogens (tertiary/aromatic N) is 5. The molecule has 0 saturated carbocycles. The van der Waals surface area contributed by atoms with E-state index in [4.69, 9.17) is 44.1 Å². The van der Waals surface area contributed by atoms with Crippen molar-refractivity contribution >= 4 is 41.4 Å². The fourth-order valence-electron chi connectivity index (χ4n) is 4.93. The Morgan fingerprint density at radius 1 is 1.23 bits per heavy atom. The molecule has 6 atom stereocenters. The lowest BCUT2D eigenvalue weighted by molar-refractivity contribution is -0.192. The van der Waals surface area contributed by atoms with Gasteiger partial charge in [-0.25, -0.2) is 19.1 Å². The number of likely N-dealkylation sites (N-methyl/N-ethyl adjacent to an activating group) is 1. The van der Waals surface area contributed by atoms with Crippen LogP contribution in [-0.4, -0.2) is 119 Å². The van der Waals surface area contributed by atoms with Crippen molar-refractivity contribution in [3.63, 3.8) is 0 Å². The lowest BCUT2D eigenvalue weighted by Gasteiger charge is -2.28. The average Bonchev–Trinajstić information content (AvgIpc) is 3.57. The molecular formula is C27H31F3N6O12. The van der Waals surface area contributed by atoms with Crippen LogP contribution in [0.4, 0.5) is 23.8 Å². The number of carbonyl (C=O) groups is 5. The minimum atomic E-state index is -5.08. The number of carboxylic acids is 1. The Labute approximate surface area is 269 Å². The van der Waals surface area contributed by atoms with E-state index in [2.05, 4.69) is 10.1 Å². The van der Waals surface area contributed by atoms with Gasteiger partial charge in [-0.3, -0.25) is 19.3 Å². The van der Waals surface area contributed by atoms with Crippen LogP contribution in [0.15, 0.2) is 18.5 Å². The molecule has 18 nitrogen and oxygen atoms in total. The highest BCUT2D eigenvalue weighted by Crippen LogP contribution is 2.44. The number of fused-ring (bicyclic) bond motifs is 2. The number of nitrogen functional groups attached to an aromatic ring is 1. The Morgan fingerprint density at radius 2 is 1.85 bits per heavy atom. The summed E-state index contributed by atoms with van der Waals surface area (Å²) in [6.07, 6.45) is -10.1. The fourth-order valence-corrected chi connectivity index (χ4v) is 4.93. The molecule has 2 aliphatic rings. The van der Waals surface area contributed by atoms with Crippen LogP contribution in [0, 0.1) is 11.3 Å². The van der Waals surface area contributed by atoms with Crippen LogP contribution >= 0.6 is 0 Å². The number of carbonyl (C=O) groups excluding carboxylic acids is 4. The van der Waals surface area contributed by atoms with Gasteiger partial charge in [0.05, 0.1) is 12.8 Å². The molecule has 48 heavy (non-hydrogen) atoms. The second-order valence-corrected chi connectivity index (χ2v) is 10.5. The molecule has 0 amide bonds. The van der Waals surface area contributed by atoms with Crippen LogP contribution in [0.5, 0.6) is 0 Å². The number of ether oxygens (including phenoxy) is 6. The minimum absolute atomic E-state index is 0.0811. The molecule has 0 unspecified atom stereocenters. The zero-order chi connectivity index (χ0) is 36.0. The number of nitrogens with two attached hydrogens (primary N) is 1. The molecule has 3 N–H and O–H groups in total. The number of esters is 3. The quantitative estimate of drug-likeness (QED) is 0.300. The second kappa shape index (κ2) is 15.1.